The molecule has 3 aromatic rings. The lowest BCUT2D eigenvalue weighted by Crippen LogP contribution is -2.43. The fourth-order valence-electron chi connectivity index (χ4n) is 5.39. The Hall–Kier alpha value is -3.04. The maximum Gasteiger partial charge on any atom is 0.258 e. The number of hydrogen-bond acceptors (Lipinski definition) is 6. The molecule has 0 bridgehead atoms. The summed E-state index contributed by atoms with van der Waals surface area (Å²) in [5.41, 5.74) is 5.46. The highest BCUT2D eigenvalue weighted by atomic mass is 35.5. The highest BCUT2D eigenvalue weighted by Crippen LogP contribution is 2.44. The lowest BCUT2D eigenvalue weighted by Gasteiger charge is -2.30. The van der Waals surface area contributed by atoms with Crippen LogP contribution in [-0.2, 0) is 31.2 Å². The van der Waals surface area contributed by atoms with E-state index in [0.29, 0.717) is 42.8 Å². The molecule has 0 spiro atoms. The summed E-state index contributed by atoms with van der Waals surface area (Å²) in [5.74, 6) is -0.633. The van der Waals surface area contributed by atoms with E-state index in [2.05, 4.69) is 50.9 Å². The first-order valence-corrected chi connectivity index (χ1v) is 12.3. The third kappa shape index (κ3) is 3.51. The first-order chi connectivity index (χ1) is 16.8. The molecular formula is C25H26ClFN6O2. The fraction of sp³-hybridized carbons (Fsp3) is 0.440. The Bertz CT molecular complexity index is 1390. The number of aromatic amines is 1. The standard InChI is InChI=1S/C25H26ClFN6O2/c1-4-33-8-7-15-14(10-33)22(32-24(26)30-15)35-23-18(27)16-12(9-28-23)5-6-13-17-20(31-19(13)16)25(2,3)11-29-21(17)34/h9,31H,4-8,10-11H2,1-3H3,(H,29,34). The molecule has 0 aromatic carbocycles. The molecule has 0 atom stereocenters. The van der Waals surface area contributed by atoms with E-state index in [0.717, 1.165) is 47.6 Å². The molecule has 2 N–H and O–H groups in total. The van der Waals surface area contributed by atoms with Gasteiger partial charge in [0, 0.05) is 48.9 Å². The molecule has 182 valence electrons. The number of aromatic nitrogens is 4. The molecule has 3 aromatic heterocycles. The van der Waals surface area contributed by atoms with Gasteiger partial charge in [0.05, 0.1) is 22.5 Å². The van der Waals surface area contributed by atoms with Gasteiger partial charge in [0.15, 0.2) is 5.82 Å². The number of ether oxygens (including phenoxy) is 1. The van der Waals surface area contributed by atoms with Crippen molar-refractivity contribution < 1.29 is 13.9 Å². The summed E-state index contributed by atoms with van der Waals surface area (Å²) in [6.45, 7) is 9.07. The van der Waals surface area contributed by atoms with E-state index < -0.39 is 5.82 Å². The summed E-state index contributed by atoms with van der Waals surface area (Å²) in [7, 11) is 0. The molecule has 0 saturated heterocycles. The van der Waals surface area contributed by atoms with Gasteiger partial charge in [-0.3, -0.25) is 9.69 Å². The first-order valence-electron chi connectivity index (χ1n) is 11.9. The number of nitrogens with one attached hydrogen (secondary N) is 2. The van der Waals surface area contributed by atoms with Crippen molar-refractivity contribution in [2.75, 3.05) is 19.6 Å². The monoisotopic (exact) mass is 496 g/mol. The molecule has 0 unspecified atom stereocenters. The van der Waals surface area contributed by atoms with Gasteiger partial charge in [-0.1, -0.05) is 20.8 Å². The van der Waals surface area contributed by atoms with Crippen molar-refractivity contribution in [1.82, 2.24) is 30.2 Å². The van der Waals surface area contributed by atoms with Crippen LogP contribution in [0.4, 0.5) is 4.39 Å². The summed E-state index contributed by atoms with van der Waals surface area (Å²) in [4.78, 5) is 31.3. The third-order valence-corrected chi connectivity index (χ3v) is 7.54. The topological polar surface area (TPSA) is 96.0 Å². The number of rotatable bonds is 3. The van der Waals surface area contributed by atoms with E-state index in [-0.39, 0.29) is 28.4 Å². The van der Waals surface area contributed by atoms with E-state index in [4.69, 9.17) is 16.3 Å². The van der Waals surface area contributed by atoms with Gasteiger partial charge in [-0.15, -0.1) is 0 Å². The van der Waals surface area contributed by atoms with E-state index in [1.807, 2.05) is 0 Å². The van der Waals surface area contributed by atoms with Crippen molar-refractivity contribution in [3.05, 3.63) is 50.9 Å². The van der Waals surface area contributed by atoms with Crippen LogP contribution in [0, 0.1) is 5.82 Å². The molecule has 0 saturated carbocycles. The average molecular weight is 497 g/mol. The lowest BCUT2D eigenvalue weighted by atomic mass is 9.81. The largest absolute Gasteiger partial charge is 0.417 e. The summed E-state index contributed by atoms with van der Waals surface area (Å²) in [6, 6.07) is 0. The second-order valence-corrected chi connectivity index (χ2v) is 10.4. The number of nitrogens with zero attached hydrogens (tertiary/aromatic N) is 4. The fourth-order valence-corrected chi connectivity index (χ4v) is 5.57. The zero-order valence-electron chi connectivity index (χ0n) is 19.9. The Morgan fingerprint density at radius 2 is 2.00 bits per heavy atom. The smallest absolute Gasteiger partial charge is 0.258 e. The van der Waals surface area contributed by atoms with Crippen molar-refractivity contribution in [2.24, 2.45) is 0 Å². The molecule has 10 heteroatoms. The van der Waals surface area contributed by atoms with Gasteiger partial charge in [-0.25, -0.2) is 14.4 Å². The highest BCUT2D eigenvalue weighted by Gasteiger charge is 2.39. The van der Waals surface area contributed by atoms with Crippen LogP contribution in [0.3, 0.4) is 0 Å². The van der Waals surface area contributed by atoms with E-state index >= 15 is 4.39 Å². The predicted molar refractivity (Wildman–Crippen MR) is 129 cm³/mol. The Labute approximate surface area is 207 Å². The second-order valence-electron chi connectivity index (χ2n) is 10.0. The number of halogens is 2. The number of pyridine rings is 1. The number of aryl methyl sites for hydroxylation is 1. The quantitative estimate of drug-likeness (QED) is 0.533. The number of likely N-dealkylation sites (N-methyl/N-ethyl adjacent to an activating group) is 1. The minimum Gasteiger partial charge on any atom is -0.417 e. The molecule has 35 heavy (non-hydrogen) atoms. The van der Waals surface area contributed by atoms with Crippen LogP contribution in [0.5, 0.6) is 11.8 Å². The van der Waals surface area contributed by atoms with Crippen LogP contribution >= 0.6 is 11.6 Å². The minimum absolute atomic E-state index is 0.0645. The lowest BCUT2D eigenvalue weighted by molar-refractivity contribution is 0.0928. The Morgan fingerprint density at radius 1 is 1.17 bits per heavy atom. The van der Waals surface area contributed by atoms with Gasteiger partial charge >= 0.3 is 0 Å². The molecule has 2 aliphatic heterocycles. The van der Waals surface area contributed by atoms with Crippen molar-refractivity contribution in [3.63, 3.8) is 0 Å². The van der Waals surface area contributed by atoms with Crippen LogP contribution in [0.25, 0.3) is 11.3 Å². The second kappa shape index (κ2) is 7.99. The van der Waals surface area contributed by atoms with Gasteiger partial charge in [0.25, 0.3) is 11.8 Å². The van der Waals surface area contributed by atoms with E-state index in [1.165, 1.54) is 0 Å². The van der Waals surface area contributed by atoms with Crippen LogP contribution in [-0.4, -0.2) is 50.4 Å². The van der Waals surface area contributed by atoms with Crippen molar-refractivity contribution >= 4 is 17.5 Å². The Morgan fingerprint density at radius 3 is 2.80 bits per heavy atom. The zero-order chi connectivity index (χ0) is 24.5. The van der Waals surface area contributed by atoms with Crippen LogP contribution in [0.2, 0.25) is 5.28 Å². The zero-order valence-corrected chi connectivity index (χ0v) is 20.6. The molecule has 1 aliphatic carbocycles. The molecule has 1 amide bonds. The number of carbonyl (C=O) groups is 1. The first kappa shape index (κ1) is 22.4. The summed E-state index contributed by atoms with van der Waals surface area (Å²) in [6.07, 6.45) is 3.60. The number of H-pyrrole nitrogens is 1. The minimum atomic E-state index is -0.577. The summed E-state index contributed by atoms with van der Waals surface area (Å²) in [5, 5.41) is 3.03. The molecule has 0 radical (unpaired) electrons. The number of carbonyl (C=O) groups excluding carboxylic acids is 1. The SMILES string of the molecule is CCN1CCc2nc(Cl)nc(Oc3ncc4c(c3F)-c3[nH]c5c(c3CC4)C(=O)NCC5(C)C)c2C1. The molecular weight excluding hydrogens is 471 g/mol. The average Bonchev–Trinajstić information content (AvgIpc) is 3.25. The van der Waals surface area contributed by atoms with Crippen molar-refractivity contribution in [3.8, 4) is 23.0 Å². The normalized spacial score (nSPS) is 18.3. The number of fused-ring (bicyclic) bond motifs is 6. The molecule has 6 rings (SSSR count). The van der Waals surface area contributed by atoms with Crippen molar-refractivity contribution in [2.45, 2.75) is 52.0 Å². The van der Waals surface area contributed by atoms with E-state index in [9.17, 15) is 4.79 Å². The van der Waals surface area contributed by atoms with Gasteiger partial charge < -0.3 is 15.0 Å². The number of hydrogen-bond donors (Lipinski definition) is 2. The van der Waals surface area contributed by atoms with Gasteiger partial charge in [0.2, 0.25) is 11.2 Å². The van der Waals surface area contributed by atoms with Gasteiger partial charge in [-0.05, 0) is 42.1 Å². The van der Waals surface area contributed by atoms with Gasteiger partial charge in [0.1, 0.15) is 0 Å². The van der Waals surface area contributed by atoms with Crippen LogP contribution < -0.4 is 10.1 Å². The Balaban J connectivity index is 1.45. The molecule has 3 aliphatic rings. The van der Waals surface area contributed by atoms with Crippen LogP contribution in [0.15, 0.2) is 6.20 Å². The third-order valence-electron chi connectivity index (χ3n) is 7.37. The molecule has 5 heterocycles. The number of amides is 1. The van der Waals surface area contributed by atoms with Crippen LogP contribution in [0.1, 0.15) is 59.2 Å². The molecule has 0 fully saturated rings. The van der Waals surface area contributed by atoms with E-state index in [1.54, 1.807) is 6.20 Å². The predicted octanol–water partition coefficient (Wildman–Crippen LogP) is 3.95. The summed E-state index contributed by atoms with van der Waals surface area (Å²) < 4.78 is 22.0. The summed E-state index contributed by atoms with van der Waals surface area (Å²) >= 11 is 6.17. The Kier molecular flexibility index (Phi) is 5.12. The van der Waals surface area contributed by atoms with Crippen molar-refractivity contribution in [1.29, 1.82) is 0 Å². The maximum atomic E-state index is 16.1. The van der Waals surface area contributed by atoms with Gasteiger partial charge in [-0.2, -0.15) is 4.98 Å². The highest BCUT2D eigenvalue weighted by molar-refractivity contribution is 6.28. The molecule has 8 nitrogen and oxygen atoms in total. The maximum absolute atomic E-state index is 16.1.